The molecule has 0 amide bonds. The molecule has 19 heteroatoms. The van der Waals surface area contributed by atoms with Crippen LogP contribution in [0.4, 0.5) is 65.9 Å². The van der Waals surface area contributed by atoms with Gasteiger partial charge in [-0.05, 0) is 47.5 Å². The molecule has 0 unspecified atom stereocenters. The SMILES string of the molecule is CC(C)N(B1C(c2c(F)c(F)c(F)c(F)c2F)=CC=C1[B-](c1c(F)c(F)c(F)c(F)c1F)(c1c(F)c(F)c(F)c(F)c1F)[n+]1ccccc1)C(C)C.Cc1ccccc1. The number of pyridine rings is 1. The van der Waals surface area contributed by atoms with Crippen molar-refractivity contribution < 1.29 is 70.3 Å². The molecule has 0 fully saturated rings. The van der Waals surface area contributed by atoms with Gasteiger partial charge in [-0.25, -0.2) is 65.9 Å². The van der Waals surface area contributed by atoms with Gasteiger partial charge in [0.25, 0.3) is 6.85 Å². The van der Waals surface area contributed by atoms with Gasteiger partial charge in [-0.2, -0.15) is 5.37 Å². The van der Waals surface area contributed by atoms with Gasteiger partial charge in [0.15, 0.2) is 58.2 Å². The molecule has 0 bridgehead atoms. The molecule has 4 aromatic carbocycles. The maximum absolute atomic E-state index is 16.3. The van der Waals surface area contributed by atoms with Crippen molar-refractivity contribution in [2.75, 3.05) is 0 Å². The molecule has 5 aromatic rings. The fraction of sp³-hybridized carbons (Fsp3) is 0.175. The summed E-state index contributed by atoms with van der Waals surface area (Å²) in [6, 6.07) is 11.4. The third kappa shape index (κ3) is 7.31. The molecule has 0 aliphatic carbocycles. The average Bonchev–Trinajstić information content (AvgIpc) is 3.62. The topological polar surface area (TPSA) is 7.12 Å². The number of rotatable bonds is 8. The van der Waals surface area contributed by atoms with Crippen LogP contribution in [0.3, 0.4) is 0 Å². The lowest BCUT2D eigenvalue weighted by molar-refractivity contribution is -0.540. The van der Waals surface area contributed by atoms with E-state index in [2.05, 4.69) is 19.1 Å². The summed E-state index contributed by atoms with van der Waals surface area (Å²) in [6.07, 6.45) is -2.50. The minimum atomic E-state index is -5.06. The van der Waals surface area contributed by atoms with Crippen molar-refractivity contribution in [3.05, 3.63) is 177 Å². The lowest BCUT2D eigenvalue weighted by Crippen LogP contribution is -2.84. The van der Waals surface area contributed by atoms with E-state index in [4.69, 9.17) is 0 Å². The highest BCUT2D eigenvalue weighted by Crippen LogP contribution is 2.40. The quantitative estimate of drug-likeness (QED) is 0.0654. The number of allylic oxidation sites excluding steroid dienone is 2. The van der Waals surface area contributed by atoms with Gasteiger partial charge in [0.2, 0.25) is 5.82 Å². The van der Waals surface area contributed by atoms with Gasteiger partial charge in [-0.15, -0.1) is 6.08 Å². The number of halogens is 15. The van der Waals surface area contributed by atoms with Crippen LogP contribution in [-0.4, -0.2) is 30.0 Å². The van der Waals surface area contributed by atoms with E-state index >= 15 is 43.9 Å². The fourth-order valence-corrected chi connectivity index (χ4v) is 7.65. The van der Waals surface area contributed by atoms with Gasteiger partial charge in [0, 0.05) is 5.56 Å². The first-order chi connectivity index (χ1) is 27.7. The highest BCUT2D eigenvalue weighted by molar-refractivity contribution is 7.13. The number of hydrogen-bond donors (Lipinski definition) is 0. The van der Waals surface area contributed by atoms with E-state index in [-0.39, 0.29) is 0 Å². The zero-order valence-electron chi connectivity index (χ0n) is 31.3. The summed E-state index contributed by atoms with van der Waals surface area (Å²) in [5.41, 5.74) is -5.68. The molecule has 0 N–H and O–H groups in total. The van der Waals surface area contributed by atoms with Crippen LogP contribution in [0.25, 0.3) is 5.47 Å². The monoisotopic (exact) mass is 844 g/mol. The smallest absolute Gasteiger partial charge is 0.361 e. The van der Waals surface area contributed by atoms with Gasteiger partial charge in [-0.1, -0.05) is 75.7 Å². The van der Waals surface area contributed by atoms with Gasteiger partial charge >= 0.3 is 6.28 Å². The van der Waals surface area contributed by atoms with E-state index in [0.717, 1.165) is 16.9 Å². The van der Waals surface area contributed by atoms with Crippen molar-refractivity contribution in [3.8, 4) is 0 Å². The van der Waals surface area contributed by atoms with Crippen molar-refractivity contribution in [1.82, 2.24) is 4.81 Å². The van der Waals surface area contributed by atoms with Gasteiger partial charge in [0.1, 0.15) is 35.7 Å². The second-order valence-electron chi connectivity index (χ2n) is 14.0. The third-order valence-corrected chi connectivity index (χ3v) is 9.99. The zero-order chi connectivity index (χ0) is 44.0. The maximum atomic E-state index is 16.3. The van der Waals surface area contributed by atoms with Crippen LogP contribution < -0.4 is 15.4 Å². The molecule has 0 radical (unpaired) electrons. The molecule has 2 heterocycles. The Kier molecular flexibility index (Phi) is 12.9. The normalized spacial score (nSPS) is 13.0. The molecule has 2 nitrogen and oxygen atoms in total. The van der Waals surface area contributed by atoms with Crippen LogP contribution in [0, 0.1) is 94.2 Å². The van der Waals surface area contributed by atoms with E-state index in [1.807, 2.05) is 18.2 Å². The lowest BCUT2D eigenvalue weighted by atomic mass is 9.14. The van der Waals surface area contributed by atoms with Crippen molar-refractivity contribution in [1.29, 1.82) is 0 Å². The molecular formula is C40H29B2F15N2. The molecular weight excluding hydrogens is 815 g/mol. The number of hydrogen-bond acceptors (Lipinski definition) is 1. The van der Waals surface area contributed by atoms with E-state index < -0.39 is 140 Å². The molecule has 310 valence electrons. The lowest BCUT2D eigenvalue weighted by Gasteiger charge is -2.45. The van der Waals surface area contributed by atoms with E-state index in [9.17, 15) is 22.0 Å². The van der Waals surface area contributed by atoms with Crippen LogP contribution in [0.2, 0.25) is 0 Å². The summed E-state index contributed by atoms with van der Waals surface area (Å²) in [6.45, 7) is 5.34. The average molecular weight is 844 g/mol. The minimum absolute atomic E-state index is 0.379. The van der Waals surface area contributed by atoms with Gasteiger partial charge in [-0.3, -0.25) is 0 Å². The van der Waals surface area contributed by atoms with Crippen molar-refractivity contribution >= 4 is 29.5 Å². The van der Waals surface area contributed by atoms with E-state index in [1.54, 1.807) is 0 Å². The first-order valence-electron chi connectivity index (χ1n) is 17.5. The molecule has 1 aromatic heterocycles. The molecule has 0 saturated carbocycles. The highest BCUT2D eigenvalue weighted by Gasteiger charge is 2.58. The molecule has 1 aliphatic heterocycles. The number of aryl methyl sites for hydroxylation is 1. The Morgan fingerprint density at radius 2 is 0.797 bits per heavy atom. The van der Waals surface area contributed by atoms with Gasteiger partial charge in [0.05, 0.1) is 0 Å². The first kappa shape index (κ1) is 44.6. The van der Waals surface area contributed by atoms with E-state index in [1.165, 1.54) is 39.3 Å². The van der Waals surface area contributed by atoms with E-state index in [0.29, 0.717) is 29.0 Å². The summed E-state index contributed by atoms with van der Waals surface area (Å²) in [5.74, 6) is -40.3. The summed E-state index contributed by atoms with van der Waals surface area (Å²) < 4.78 is 230. The molecule has 59 heavy (non-hydrogen) atoms. The molecule has 6 rings (SSSR count). The highest BCUT2D eigenvalue weighted by atomic mass is 19.2. The Bertz CT molecular complexity index is 2330. The number of benzene rings is 4. The molecule has 0 atom stereocenters. The first-order valence-corrected chi connectivity index (χ1v) is 17.5. The Morgan fingerprint density at radius 1 is 0.458 bits per heavy atom. The second kappa shape index (κ2) is 17.0. The Labute approximate surface area is 327 Å². The Balaban J connectivity index is 0.000000854. The second-order valence-corrected chi connectivity index (χ2v) is 14.0. The van der Waals surface area contributed by atoms with Crippen LogP contribution in [0.5, 0.6) is 0 Å². The van der Waals surface area contributed by atoms with Crippen LogP contribution >= 0.6 is 0 Å². The molecule has 1 aliphatic rings. The maximum Gasteiger partial charge on any atom is 0.361 e. The summed E-state index contributed by atoms with van der Waals surface area (Å²) in [5, 5.41) is -1.05. The summed E-state index contributed by atoms with van der Waals surface area (Å²) in [4.78, 5) is 1.13. The zero-order valence-corrected chi connectivity index (χ0v) is 31.3. The number of aromatic nitrogens is 1. The van der Waals surface area contributed by atoms with Crippen LogP contribution in [-0.2, 0) is 0 Å². The Morgan fingerprint density at radius 3 is 1.14 bits per heavy atom. The standard InChI is InChI=1S/C33H21B2F15N2.C7H8/c1-12(2)52(13(3)4)34-14(16-19(36)25(42)31(48)26(43)20(16)37)8-9-15(34)35(51-10-6-5-7-11-51,17-21(38)27(44)32(49)28(45)22(17)39)18-23(40)29(46)33(50)30(47)24(18)41;1-7-5-3-2-4-6-7/h5-13H,1-4H3;2-6H,1H3. The largest absolute Gasteiger partial charge is 0.415 e. The summed E-state index contributed by atoms with van der Waals surface area (Å²) in [7, 11) is 0. The van der Waals surface area contributed by atoms with Crippen molar-refractivity contribution in [2.24, 2.45) is 0 Å². The fourth-order valence-electron chi connectivity index (χ4n) is 7.65. The van der Waals surface area contributed by atoms with Crippen LogP contribution in [0.15, 0.2) is 78.4 Å². The minimum Gasteiger partial charge on any atom is -0.415 e. The Hall–Kier alpha value is -5.45. The number of nitrogens with zero attached hydrogens (tertiary/aromatic N) is 2. The summed E-state index contributed by atoms with van der Waals surface area (Å²) >= 11 is 0. The van der Waals surface area contributed by atoms with Crippen molar-refractivity contribution in [3.63, 3.8) is 0 Å². The third-order valence-electron chi connectivity index (χ3n) is 9.99. The van der Waals surface area contributed by atoms with Gasteiger partial charge < -0.3 is 9.29 Å². The molecule has 0 saturated heterocycles. The van der Waals surface area contributed by atoms with Crippen molar-refractivity contribution in [2.45, 2.75) is 46.7 Å². The molecule has 0 spiro atoms. The predicted octanol–water partition coefficient (Wildman–Crippen LogP) is 9.42. The van der Waals surface area contributed by atoms with Crippen LogP contribution in [0.1, 0.15) is 38.8 Å². The predicted molar refractivity (Wildman–Crippen MR) is 191 cm³/mol.